The Morgan fingerprint density at radius 3 is 1.43 bits per heavy atom. The van der Waals surface area contributed by atoms with Gasteiger partial charge in [0.1, 0.15) is 0 Å². The fraction of sp³-hybridized carbons (Fsp3) is 0.136. The monoisotopic (exact) mass is 413 g/mol. The van der Waals surface area contributed by atoms with Crippen molar-refractivity contribution in [2.45, 2.75) is 29.6 Å². The van der Waals surface area contributed by atoms with Gasteiger partial charge in [0.05, 0.1) is 9.79 Å². The molecule has 0 spiro atoms. The van der Waals surface area contributed by atoms with Crippen LogP contribution in [0.25, 0.3) is 0 Å². The number of benzene rings is 3. The van der Waals surface area contributed by atoms with Crippen molar-refractivity contribution in [2.24, 2.45) is 0 Å². The van der Waals surface area contributed by atoms with Gasteiger partial charge in [-0.05, 0) is 36.8 Å². The van der Waals surface area contributed by atoms with Crippen molar-refractivity contribution in [3.63, 3.8) is 0 Å². The lowest BCUT2D eigenvalue weighted by Gasteiger charge is -2.24. The quantitative estimate of drug-likeness (QED) is 0.595. The molecule has 0 saturated heterocycles. The molecule has 0 aromatic heterocycles. The molecule has 0 aliphatic rings. The molecule has 1 unspecified atom stereocenters. The van der Waals surface area contributed by atoms with Crippen LogP contribution >= 0.6 is 0 Å². The summed E-state index contributed by atoms with van der Waals surface area (Å²) in [7, 11) is -8.47. The lowest BCUT2D eigenvalue weighted by molar-refractivity contribution is 0.580. The van der Waals surface area contributed by atoms with E-state index in [9.17, 15) is 16.8 Å². The average molecular weight is 414 g/mol. The summed E-state index contributed by atoms with van der Waals surface area (Å²) in [5, 5.41) is 0. The molecule has 3 aromatic rings. The Kier molecular flexibility index (Phi) is 5.72. The van der Waals surface area contributed by atoms with Gasteiger partial charge >= 0.3 is 0 Å². The van der Waals surface area contributed by atoms with Gasteiger partial charge in [-0.1, -0.05) is 73.2 Å². The smallest absolute Gasteiger partial charge is 0.222 e. The first-order valence-electron chi connectivity index (χ1n) is 8.78. The highest BCUT2D eigenvalue weighted by Gasteiger charge is 2.45. The molecule has 0 fully saturated rings. The second-order valence-electron chi connectivity index (χ2n) is 6.58. The summed E-state index contributed by atoms with van der Waals surface area (Å²) in [6.45, 7) is 3.53. The number of hydrogen-bond donors (Lipinski definition) is 0. The zero-order valence-corrected chi connectivity index (χ0v) is 17.2. The largest absolute Gasteiger partial charge is 0.223 e. The van der Waals surface area contributed by atoms with E-state index < -0.39 is 30.2 Å². The van der Waals surface area contributed by atoms with Crippen LogP contribution < -0.4 is 0 Å². The Hall–Kier alpha value is -2.44. The molecular weight excluding hydrogens is 392 g/mol. The second-order valence-corrected chi connectivity index (χ2v) is 10.7. The van der Waals surface area contributed by atoms with Crippen LogP contribution in [0.2, 0.25) is 0 Å². The van der Waals surface area contributed by atoms with Crippen LogP contribution in [0.15, 0.2) is 94.7 Å². The molecule has 1 atom stereocenters. The molecule has 0 bridgehead atoms. The molecule has 0 N–H and O–H groups in total. The molecule has 0 saturated carbocycles. The maximum absolute atomic E-state index is 13.4. The fourth-order valence-corrected chi connectivity index (χ4v) is 7.46. The lowest BCUT2D eigenvalue weighted by atomic mass is 10.0. The zero-order valence-electron chi connectivity index (χ0n) is 15.6. The minimum absolute atomic E-state index is 0.0385. The van der Waals surface area contributed by atoms with Gasteiger partial charge in [-0.25, -0.2) is 16.8 Å². The molecule has 1 radical (unpaired) electrons. The van der Waals surface area contributed by atoms with E-state index in [1.165, 1.54) is 24.3 Å². The summed E-state index contributed by atoms with van der Waals surface area (Å²) < 4.78 is 53.2. The molecule has 4 nitrogen and oxygen atoms in total. The van der Waals surface area contributed by atoms with Crippen molar-refractivity contribution in [3.8, 4) is 0 Å². The first-order valence-corrected chi connectivity index (χ1v) is 11.7. The van der Waals surface area contributed by atoms with Crippen molar-refractivity contribution < 1.29 is 16.8 Å². The third-order valence-electron chi connectivity index (χ3n) is 4.57. The molecule has 0 heterocycles. The molecule has 6 heteroatoms. The highest BCUT2D eigenvalue weighted by atomic mass is 32.3. The highest BCUT2D eigenvalue weighted by Crippen LogP contribution is 2.41. The Labute approximate surface area is 166 Å². The Morgan fingerprint density at radius 2 is 1.04 bits per heavy atom. The molecule has 3 aromatic carbocycles. The SMILES string of the molecule is Cc1ccc(C(C)[C](S(=O)(=O)c2ccccc2)S(=O)(=O)c2ccccc2)cc1. The number of sulfone groups is 2. The third kappa shape index (κ3) is 3.88. The maximum Gasteiger partial charge on any atom is 0.223 e. The highest BCUT2D eigenvalue weighted by molar-refractivity contribution is 8.12. The molecule has 3 rings (SSSR count). The van der Waals surface area contributed by atoms with Crippen molar-refractivity contribution in [2.75, 3.05) is 0 Å². The van der Waals surface area contributed by atoms with Crippen LogP contribution in [-0.2, 0) is 19.7 Å². The van der Waals surface area contributed by atoms with Crippen molar-refractivity contribution in [1.29, 1.82) is 0 Å². The molecule has 0 amide bonds. The van der Waals surface area contributed by atoms with Gasteiger partial charge in [0, 0.05) is 5.92 Å². The first kappa shape index (κ1) is 20.3. The number of rotatable bonds is 6. The summed E-state index contributed by atoms with van der Waals surface area (Å²) in [6, 6.07) is 22.6. The van der Waals surface area contributed by atoms with Gasteiger partial charge in [-0.3, -0.25) is 0 Å². The minimum Gasteiger partial charge on any atom is -0.222 e. The number of aryl methyl sites for hydroxylation is 1. The van der Waals surface area contributed by atoms with Crippen LogP contribution in [0.3, 0.4) is 0 Å². The standard InChI is InChI=1S/C22H21O4S2/c1-17-13-15-19(16-14-17)18(2)22(27(23,24)20-9-5-3-6-10-20)28(25,26)21-11-7-4-8-12-21/h3-16,18H,1-2H3. The topological polar surface area (TPSA) is 68.3 Å². The van der Waals surface area contributed by atoms with E-state index >= 15 is 0 Å². The first-order chi connectivity index (χ1) is 13.2. The molecular formula is C22H21O4S2. The molecule has 28 heavy (non-hydrogen) atoms. The summed E-state index contributed by atoms with van der Waals surface area (Å²) in [5.41, 5.74) is 1.63. The van der Waals surface area contributed by atoms with Crippen LogP contribution in [0.5, 0.6) is 0 Å². The summed E-state index contributed by atoms with van der Waals surface area (Å²) >= 11 is 0. The zero-order chi connectivity index (χ0) is 20.4. The Balaban J connectivity index is 2.21. The molecule has 0 aliphatic heterocycles. The lowest BCUT2D eigenvalue weighted by Crippen LogP contribution is -2.27. The predicted molar refractivity (Wildman–Crippen MR) is 110 cm³/mol. The molecule has 145 valence electrons. The van der Waals surface area contributed by atoms with Crippen LogP contribution in [0.4, 0.5) is 0 Å². The van der Waals surface area contributed by atoms with E-state index in [0.29, 0.717) is 5.56 Å². The fourth-order valence-electron chi connectivity index (χ4n) is 3.03. The van der Waals surface area contributed by atoms with E-state index in [-0.39, 0.29) is 9.79 Å². The van der Waals surface area contributed by atoms with Crippen molar-refractivity contribution >= 4 is 19.7 Å². The van der Waals surface area contributed by atoms with Gasteiger partial charge in [-0.2, -0.15) is 0 Å². The van der Waals surface area contributed by atoms with Gasteiger partial charge in [0.15, 0.2) is 0 Å². The summed E-state index contributed by atoms with van der Waals surface area (Å²) in [5.74, 6) is -0.837. The van der Waals surface area contributed by atoms with Crippen LogP contribution in [0.1, 0.15) is 24.0 Å². The summed E-state index contributed by atoms with van der Waals surface area (Å²) in [4.78, 5) is -0.0769. The second kappa shape index (κ2) is 7.89. The average Bonchev–Trinajstić information content (AvgIpc) is 2.69. The van der Waals surface area contributed by atoms with E-state index in [1.54, 1.807) is 55.5 Å². The van der Waals surface area contributed by atoms with Gasteiger partial charge in [0.2, 0.25) is 24.3 Å². The van der Waals surface area contributed by atoms with Crippen LogP contribution in [0, 0.1) is 11.5 Å². The van der Waals surface area contributed by atoms with Gasteiger partial charge < -0.3 is 0 Å². The normalized spacial score (nSPS) is 13.4. The van der Waals surface area contributed by atoms with E-state index in [1.807, 2.05) is 19.1 Å². The number of hydrogen-bond acceptors (Lipinski definition) is 4. The predicted octanol–water partition coefficient (Wildman–Crippen LogP) is 4.54. The Morgan fingerprint density at radius 1 is 0.643 bits per heavy atom. The molecule has 0 aliphatic carbocycles. The summed E-state index contributed by atoms with van der Waals surface area (Å²) in [6.07, 6.45) is 0. The van der Waals surface area contributed by atoms with Gasteiger partial charge in [-0.15, -0.1) is 0 Å². The van der Waals surface area contributed by atoms with E-state index in [4.69, 9.17) is 0 Å². The third-order valence-corrected chi connectivity index (χ3v) is 9.44. The van der Waals surface area contributed by atoms with E-state index in [2.05, 4.69) is 0 Å². The van der Waals surface area contributed by atoms with Crippen LogP contribution in [-0.4, -0.2) is 16.8 Å². The van der Waals surface area contributed by atoms with Crippen molar-refractivity contribution in [3.05, 3.63) is 101 Å². The van der Waals surface area contributed by atoms with Gasteiger partial charge in [0.25, 0.3) is 0 Å². The van der Waals surface area contributed by atoms with E-state index in [0.717, 1.165) is 5.56 Å². The maximum atomic E-state index is 13.4. The minimum atomic E-state index is -4.24. The van der Waals surface area contributed by atoms with Crippen molar-refractivity contribution in [1.82, 2.24) is 0 Å². The Bertz CT molecular complexity index is 1070.